The van der Waals surface area contributed by atoms with Gasteiger partial charge in [-0.15, -0.1) is 0 Å². The molecule has 1 saturated carbocycles. The van der Waals surface area contributed by atoms with E-state index < -0.39 is 0 Å². The van der Waals surface area contributed by atoms with Crippen molar-refractivity contribution in [1.82, 2.24) is 0 Å². The molecule has 0 bridgehead atoms. The molecule has 1 aliphatic rings. The largest absolute Gasteiger partial charge is 0.469 e. The van der Waals surface area contributed by atoms with E-state index in [4.69, 9.17) is 0 Å². The Labute approximate surface area is 84.8 Å². The van der Waals surface area contributed by atoms with Gasteiger partial charge >= 0.3 is 5.97 Å². The molecule has 0 aromatic rings. The summed E-state index contributed by atoms with van der Waals surface area (Å²) in [6.07, 6.45) is 7.31. The number of hydrogen-bond donors (Lipinski definition) is 0. The van der Waals surface area contributed by atoms with E-state index in [1.54, 1.807) is 0 Å². The molecule has 0 radical (unpaired) electrons. The molecule has 1 rings (SSSR count). The molecule has 0 atom stereocenters. The van der Waals surface area contributed by atoms with Gasteiger partial charge in [-0.05, 0) is 24.7 Å². The minimum Gasteiger partial charge on any atom is -0.469 e. The van der Waals surface area contributed by atoms with Gasteiger partial charge < -0.3 is 9.53 Å². The van der Waals surface area contributed by atoms with E-state index in [0.717, 1.165) is 25.5 Å². The van der Waals surface area contributed by atoms with Crippen molar-refractivity contribution < 1.29 is 14.3 Å². The summed E-state index contributed by atoms with van der Waals surface area (Å²) in [5.74, 6) is -0.141. The molecule has 1 aliphatic carbocycles. The standard InChI is InChI=1S/C11H18O3/c1-14-10(13)9-11(7-4-8-12)5-2-3-6-11/h8H,2-7,9H2,1H3. The number of aldehydes is 1. The van der Waals surface area contributed by atoms with Gasteiger partial charge in [0.25, 0.3) is 0 Å². The van der Waals surface area contributed by atoms with Gasteiger partial charge in [0, 0.05) is 6.42 Å². The van der Waals surface area contributed by atoms with Gasteiger partial charge in [0.2, 0.25) is 0 Å². The van der Waals surface area contributed by atoms with Crippen molar-refractivity contribution >= 4 is 12.3 Å². The first-order valence-electron chi connectivity index (χ1n) is 5.23. The maximum atomic E-state index is 11.2. The fourth-order valence-electron chi connectivity index (χ4n) is 2.38. The third-order valence-corrected chi connectivity index (χ3v) is 3.20. The minimum atomic E-state index is -0.141. The van der Waals surface area contributed by atoms with Crippen molar-refractivity contribution in [3.63, 3.8) is 0 Å². The van der Waals surface area contributed by atoms with Crippen LogP contribution in [0.4, 0.5) is 0 Å². The Kier molecular flexibility index (Phi) is 4.11. The zero-order chi connectivity index (χ0) is 10.4. The van der Waals surface area contributed by atoms with Crippen LogP contribution in [0, 0.1) is 5.41 Å². The second kappa shape index (κ2) is 5.13. The predicted molar refractivity (Wildman–Crippen MR) is 52.8 cm³/mol. The Morgan fingerprint density at radius 3 is 2.57 bits per heavy atom. The highest BCUT2D eigenvalue weighted by Crippen LogP contribution is 2.44. The first-order valence-corrected chi connectivity index (χ1v) is 5.23. The van der Waals surface area contributed by atoms with Gasteiger partial charge in [0.1, 0.15) is 6.29 Å². The maximum absolute atomic E-state index is 11.2. The monoisotopic (exact) mass is 198 g/mol. The smallest absolute Gasteiger partial charge is 0.306 e. The van der Waals surface area contributed by atoms with E-state index in [1.807, 2.05) is 0 Å². The normalized spacial score (nSPS) is 19.2. The molecule has 80 valence electrons. The van der Waals surface area contributed by atoms with Gasteiger partial charge in [0.05, 0.1) is 13.5 Å². The first-order chi connectivity index (χ1) is 6.72. The molecular weight excluding hydrogens is 180 g/mol. The Bertz CT molecular complexity index is 205. The molecule has 14 heavy (non-hydrogen) atoms. The van der Waals surface area contributed by atoms with E-state index in [1.165, 1.54) is 20.0 Å². The molecule has 0 aromatic carbocycles. The van der Waals surface area contributed by atoms with Gasteiger partial charge in [-0.2, -0.15) is 0 Å². The van der Waals surface area contributed by atoms with Crippen molar-refractivity contribution in [1.29, 1.82) is 0 Å². The van der Waals surface area contributed by atoms with Crippen LogP contribution < -0.4 is 0 Å². The van der Waals surface area contributed by atoms with Crippen molar-refractivity contribution in [2.45, 2.75) is 44.9 Å². The SMILES string of the molecule is COC(=O)CC1(CCC=O)CCCC1. The van der Waals surface area contributed by atoms with E-state index >= 15 is 0 Å². The minimum absolute atomic E-state index is 0.0635. The predicted octanol–water partition coefficient (Wildman–Crippen LogP) is 2.09. The fourth-order valence-corrected chi connectivity index (χ4v) is 2.38. The zero-order valence-electron chi connectivity index (χ0n) is 8.75. The number of carbonyl (C=O) groups is 2. The summed E-state index contributed by atoms with van der Waals surface area (Å²) >= 11 is 0. The summed E-state index contributed by atoms with van der Waals surface area (Å²) in [5.41, 5.74) is 0.0635. The summed E-state index contributed by atoms with van der Waals surface area (Å²) in [4.78, 5) is 21.6. The fraction of sp³-hybridized carbons (Fsp3) is 0.818. The number of hydrogen-bond acceptors (Lipinski definition) is 3. The molecule has 0 N–H and O–H groups in total. The number of esters is 1. The zero-order valence-corrected chi connectivity index (χ0v) is 8.75. The molecule has 0 saturated heterocycles. The average molecular weight is 198 g/mol. The Hall–Kier alpha value is -0.860. The molecule has 3 nitrogen and oxygen atoms in total. The van der Waals surface area contributed by atoms with E-state index in [-0.39, 0.29) is 11.4 Å². The molecule has 0 amide bonds. The van der Waals surface area contributed by atoms with Crippen LogP contribution >= 0.6 is 0 Å². The maximum Gasteiger partial charge on any atom is 0.306 e. The van der Waals surface area contributed by atoms with Crippen LogP contribution in [0.15, 0.2) is 0 Å². The summed E-state index contributed by atoms with van der Waals surface area (Å²) in [6, 6.07) is 0. The number of carbonyl (C=O) groups excluding carboxylic acids is 2. The second-order valence-corrected chi connectivity index (χ2v) is 4.17. The highest BCUT2D eigenvalue weighted by atomic mass is 16.5. The average Bonchev–Trinajstić information content (AvgIpc) is 2.64. The number of methoxy groups -OCH3 is 1. The number of ether oxygens (including phenoxy) is 1. The Balaban J connectivity index is 2.52. The molecule has 0 aromatic heterocycles. The summed E-state index contributed by atoms with van der Waals surface area (Å²) in [6.45, 7) is 0. The van der Waals surface area contributed by atoms with Gasteiger partial charge in [-0.1, -0.05) is 12.8 Å². The van der Waals surface area contributed by atoms with E-state index in [9.17, 15) is 9.59 Å². The van der Waals surface area contributed by atoms with Crippen LogP contribution in [0.25, 0.3) is 0 Å². The lowest BCUT2D eigenvalue weighted by atomic mass is 9.79. The highest BCUT2D eigenvalue weighted by Gasteiger charge is 2.35. The van der Waals surface area contributed by atoms with Crippen molar-refractivity contribution in [3.05, 3.63) is 0 Å². The third kappa shape index (κ3) is 2.82. The van der Waals surface area contributed by atoms with Crippen molar-refractivity contribution in [2.75, 3.05) is 7.11 Å². The lowest BCUT2D eigenvalue weighted by Crippen LogP contribution is -2.22. The number of rotatable bonds is 5. The van der Waals surface area contributed by atoms with Crippen LogP contribution in [-0.4, -0.2) is 19.4 Å². The van der Waals surface area contributed by atoms with Crippen LogP contribution in [0.2, 0.25) is 0 Å². The molecule has 1 fully saturated rings. The molecule has 0 heterocycles. The summed E-state index contributed by atoms with van der Waals surface area (Å²) in [5, 5.41) is 0. The second-order valence-electron chi connectivity index (χ2n) is 4.17. The molecule has 0 unspecified atom stereocenters. The van der Waals surface area contributed by atoms with Crippen LogP contribution in [0.5, 0.6) is 0 Å². The van der Waals surface area contributed by atoms with Gasteiger partial charge in [0.15, 0.2) is 0 Å². The lowest BCUT2D eigenvalue weighted by Gasteiger charge is -2.26. The van der Waals surface area contributed by atoms with Crippen LogP contribution in [0.3, 0.4) is 0 Å². The molecule has 0 aliphatic heterocycles. The summed E-state index contributed by atoms with van der Waals surface area (Å²) in [7, 11) is 1.42. The molecule has 3 heteroatoms. The van der Waals surface area contributed by atoms with Gasteiger partial charge in [-0.25, -0.2) is 0 Å². The van der Waals surface area contributed by atoms with E-state index in [0.29, 0.717) is 12.8 Å². The van der Waals surface area contributed by atoms with Crippen molar-refractivity contribution in [2.24, 2.45) is 5.41 Å². The van der Waals surface area contributed by atoms with E-state index in [2.05, 4.69) is 4.74 Å². The topological polar surface area (TPSA) is 43.4 Å². The van der Waals surface area contributed by atoms with Crippen LogP contribution in [0.1, 0.15) is 44.9 Å². The molecule has 0 spiro atoms. The van der Waals surface area contributed by atoms with Gasteiger partial charge in [-0.3, -0.25) is 4.79 Å². The third-order valence-electron chi connectivity index (χ3n) is 3.20. The highest BCUT2D eigenvalue weighted by molar-refractivity contribution is 5.70. The van der Waals surface area contributed by atoms with Crippen molar-refractivity contribution in [3.8, 4) is 0 Å². The lowest BCUT2D eigenvalue weighted by molar-refractivity contribution is -0.143. The Morgan fingerprint density at radius 1 is 1.43 bits per heavy atom. The first kappa shape index (κ1) is 11.2. The quantitative estimate of drug-likeness (QED) is 0.502. The van der Waals surface area contributed by atoms with Crippen LogP contribution in [-0.2, 0) is 14.3 Å². The summed E-state index contributed by atoms with van der Waals surface area (Å²) < 4.78 is 4.69. The molecular formula is C11H18O3. The Morgan fingerprint density at radius 2 is 2.07 bits per heavy atom.